The van der Waals surface area contributed by atoms with E-state index in [9.17, 15) is 9.59 Å². The van der Waals surface area contributed by atoms with Gasteiger partial charge in [0.05, 0.1) is 11.7 Å². The molecule has 1 heterocycles. The normalized spacial score (nSPS) is 14.2. The lowest BCUT2D eigenvalue weighted by molar-refractivity contribution is -0.137. The number of benzene rings is 2. The van der Waals surface area contributed by atoms with Crippen LogP contribution in [0.4, 0.5) is 5.69 Å². The van der Waals surface area contributed by atoms with Gasteiger partial charge in [-0.1, -0.05) is 48.9 Å². The van der Waals surface area contributed by atoms with Crippen molar-refractivity contribution in [1.29, 1.82) is 0 Å². The molecule has 158 valence electrons. The van der Waals surface area contributed by atoms with E-state index >= 15 is 0 Å². The molecule has 0 atom stereocenters. The molecule has 1 aliphatic heterocycles. The van der Waals surface area contributed by atoms with Crippen molar-refractivity contribution in [2.75, 3.05) is 18.5 Å². The number of rotatable bonds is 9. The number of anilines is 1. The van der Waals surface area contributed by atoms with E-state index in [0.29, 0.717) is 30.8 Å². The Kier molecular flexibility index (Phi) is 7.06. The zero-order valence-corrected chi connectivity index (χ0v) is 18.2. The molecule has 0 aromatic heterocycles. The minimum atomic E-state index is -0.292. The second-order valence-corrected chi connectivity index (χ2v) is 7.83. The molecule has 0 bridgehead atoms. The SMILES string of the molecule is CCc1ccc(NC2=C(c3ccc(C)cc3)C(=O)N(CCCOC(C)C)C2=O)cc1. The number of ether oxygens (including phenoxy) is 1. The quantitative estimate of drug-likeness (QED) is 0.490. The molecule has 30 heavy (non-hydrogen) atoms. The largest absolute Gasteiger partial charge is 0.379 e. The zero-order chi connectivity index (χ0) is 21.7. The van der Waals surface area contributed by atoms with E-state index < -0.39 is 0 Å². The number of hydrogen-bond donors (Lipinski definition) is 1. The van der Waals surface area contributed by atoms with Gasteiger partial charge in [0, 0.05) is 18.8 Å². The van der Waals surface area contributed by atoms with Crippen LogP contribution in [0.1, 0.15) is 43.9 Å². The summed E-state index contributed by atoms with van der Waals surface area (Å²) in [5.41, 5.74) is 4.60. The Morgan fingerprint density at radius 1 is 0.967 bits per heavy atom. The van der Waals surface area contributed by atoms with Crippen LogP contribution in [-0.4, -0.2) is 36.0 Å². The molecule has 0 unspecified atom stereocenters. The first-order valence-electron chi connectivity index (χ1n) is 10.6. The molecule has 2 amide bonds. The van der Waals surface area contributed by atoms with E-state index in [-0.39, 0.29) is 17.9 Å². The smallest absolute Gasteiger partial charge is 0.278 e. The highest BCUT2D eigenvalue weighted by molar-refractivity contribution is 6.36. The topological polar surface area (TPSA) is 58.6 Å². The summed E-state index contributed by atoms with van der Waals surface area (Å²) in [6, 6.07) is 15.6. The first kappa shape index (κ1) is 21.8. The summed E-state index contributed by atoms with van der Waals surface area (Å²) in [6.45, 7) is 8.87. The predicted octanol–water partition coefficient (Wildman–Crippen LogP) is 4.56. The minimum absolute atomic E-state index is 0.125. The van der Waals surface area contributed by atoms with E-state index in [2.05, 4.69) is 12.2 Å². The van der Waals surface area contributed by atoms with E-state index in [1.807, 2.05) is 69.3 Å². The number of hydrogen-bond acceptors (Lipinski definition) is 4. The Morgan fingerprint density at radius 2 is 1.63 bits per heavy atom. The molecule has 0 radical (unpaired) electrons. The third-order valence-electron chi connectivity index (χ3n) is 5.12. The highest BCUT2D eigenvalue weighted by Crippen LogP contribution is 2.31. The molecule has 0 spiro atoms. The van der Waals surface area contributed by atoms with Crippen molar-refractivity contribution in [1.82, 2.24) is 4.90 Å². The van der Waals surface area contributed by atoms with Crippen LogP contribution in [0.5, 0.6) is 0 Å². The van der Waals surface area contributed by atoms with Crippen molar-refractivity contribution >= 4 is 23.1 Å². The number of amides is 2. The second kappa shape index (κ2) is 9.72. The molecular formula is C25H30N2O3. The van der Waals surface area contributed by atoms with Crippen molar-refractivity contribution in [2.45, 2.75) is 46.6 Å². The Labute approximate surface area is 178 Å². The van der Waals surface area contributed by atoms with Crippen LogP contribution < -0.4 is 5.32 Å². The van der Waals surface area contributed by atoms with Gasteiger partial charge in [0.15, 0.2) is 0 Å². The van der Waals surface area contributed by atoms with E-state index in [0.717, 1.165) is 23.2 Å². The van der Waals surface area contributed by atoms with Gasteiger partial charge in [-0.15, -0.1) is 0 Å². The zero-order valence-electron chi connectivity index (χ0n) is 18.2. The van der Waals surface area contributed by atoms with Gasteiger partial charge in [0.1, 0.15) is 5.70 Å². The third kappa shape index (κ3) is 4.97. The van der Waals surface area contributed by atoms with Gasteiger partial charge in [-0.3, -0.25) is 14.5 Å². The fourth-order valence-corrected chi connectivity index (χ4v) is 3.39. The summed E-state index contributed by atoms with van der Waals surface area (Å²) in [7, 11) is 0. The molecule has 5 heteroatoms. The lowest BCUT2D eigenvalue weighted by atomic mass is 10.0. The van der Waals surface area contributed by atoms with Crippen LogP contribution in [0, 0.1) is 6.92 Å². The summed E-state index contributed by atoms with van der Waals surface area (Å²) < 4.78 is 5.56. The average molecular weight is 407 g/mol. The molecule has 5 nitrogen and oxygen atoms in total. The summed E-state index contributed by atoms with van der Waals surface area (Å²) in [6.07, 6.45) is 1.68. The van der Waals surface area contributed by atoms with Crippen LogP contribution in [0.3, 0.4) is 0 Å². The predicted molar refractivity (Wildman–Crippen MR) is 120 cm³/mol. The molecule has 0 saturated carbocycles. The van der Waals surface area contributed by atoms with Gasteiger partial charge in [0.25, 0.3) is 11.8 Å². The Hall–Kier alpha value is -2.92. The average Bonchev–Trinajstić information content (AvgIpc) is 2.96. The fourth-order valence-electron chi connectivity index (χ4n) is 3.39. The molecular weight excluding hydrogens is 376 g/mol. The summed E-state index contributed by atoms with van der Waals surface area (Å²) in [5.74, 6) is -0.555. The van der Waals surface area contributed by atoms with Gasteiger partial charge in [0.2, 0.25) is 0 Å². The first-order chi connectivity index (χ1) is 14.4. The van der Waals surface area contributed by atoms with Gasteiger partial charge >= 0.3 is 0 Å². The maximum absolute atomic E-state index is 13.2. The molecule has 2 aromatic carbocycles. The maximum Gasteiger partial charge on any atom is 0.278 e. The molecule has 0 aliphatic carbocycles. The van der Waals surface area contributed by atoms with E-state index in [1.54, 1.807) is 0 Å². The second-order valence-electron chi connectivity index (χ2n) is 7.83. The van der Waals surface area contributed by atoms with Gasteiger partial charge < -0.3 is 10.1 Å². The molecule has 1 aliphatic rings. The van der Waals surface area contributed by atoms with Crippen LogP contribution in [0.2, 0.25) is 0 Å². The number of nitrogens with one attached hydrogen (secondary N) is 1. The van der Waals surface area contributed by atoms with Crippen LogP contribution >= 0.6 is 0 Å². The molecule has 2 aromatic rings. The Morgan fingerprint density at radius 3 is 2.23 bits per heavy atom. The van der Waals surface area contributed by atoms with Crippen molar-refractivity contribution in [3.05, 3.63) is 70.9 Å². The summed E-state index contributed by atoms with van der Waals surface area (Å²) >= 11 is 0. The first-order valence-corrected chi connectivity index (χ1v) is 10.6. The lowest BCUT2D eigenvalue weighted by Gasteiger charge is -2.16. The minimum Gasteiger partial charge on any atom is -0.379 e. The maximum atomic E-state index is 13.2. The summed E-state index contributed by atoms with van der Waals surface area (Å²) in [5, 5.41) is 3.21. The monoisotopic (exact) mass is 406 g/mol. The highest BCUT2D eigenvalue weighted by atomic mass is 16.5. The van der Waals surface area contributed by atoms with E-state index in [1.165, 1.54) is 10.5 Å². The third-order valence-corrected chi connectivity index (χ3v) is 5.12. The van der Waals surface area contributed by atoms with Gasteiger partial charge in [-0.25, -0.2) is 0 Å². The van der Waals surface area contributed by atoms with Crippen LogP contribution in [0.15, 0.2) is 54.2 Å². The van der Waals surface area contributed by atoms with Gasteiger partial charge in [-0.05, 0) is 56.9 Å². The number of nitrogens with zero attached hydrogens (tertiary/aromatic N) is 1. The number of aryl methyl sites for hydroxylation is 2. The molecule has 3 rings (SSSR count). The fraction of sp³-hybridized carbons (Fsp3) is 0.360. The van der Waals surface area contributed by atoms with Crippen molar-refractivity contribution in [3.63, 3.8) is 0 Å². The number of imide groups is 1. The van der Waals surface area contributed by atoms with Crippen molar-refractivity contribution < 1.29 is 14.3 Å². The molecule has 0 saturated heterocycles. The number of carbonyl (C=O) groups excluding carboxylic acids is 2. The van der Waals surface area contributed by atoms with Crippen LogP contribution in [-0.2, 0) is 20.7 Å². The van der Waals surface area contributed by atoms with Crippen molar-refractivity contribution in [2.24, 2.45) is 0 Å². The molecule has 1 N–H and O–H groups in total. The lowest BCUT2D eigenvalue weighted by Crippen LogP contribution is -2.34. The number of carbonyl (C=O) groups is 2. The van der Waals surface area contributed by atoms with Crippen molar-refractivity contribution in [3.8, 4) is 0 Å². The van der Waals surface area contributed by atoms with E-state index in [4.69, 9.17) is 4.74 Å². The van der Waals surface area contributed by atoms with Crippen LogP contribution in [0.25, 0.3) is 5.57 Å². The Balaban J connectivity index is 1.88. The standard InChI is InChI=1S/C25H30N2O3/c1-5-19-9-13-21(14-10-19)26-23-22(20-11-7-18(4)8-12-20)24(28)27(25(23)29)15-6-16-30-17(2)3/h7-14,17,26H,5-6,15-16H2,1-4H3. The molecule has 0 fully saturated rings. The highest BCUT2D eigenvalue weighted by Gasteiger charge is 2.38. The Bertz CT molecular complexity index is 928. The van der Waals surface area contributed by atoms with Gasteiger partial charge in [-0.2, -0.15) is 0 Å². The summed E-state index contributed by atoms with van der Waals surface area (Å²) in [4.78, 5) is 27.7.